The molecule has 1 unspecified atom stereocenters. The average molecular weight is 306 g/mol. The fourth-order valence-corrected chi connectivity index (χ4v) is 2.58. The van der Waals surface area contributed by atoms with E-state index in [2.05, 4.69) is 4.98 Å². The number of fused-ring (bicyclic) bond motifs is 1. The Bertz CT molecular complexity index is 576. The topological polar surface area (TPSA) is 51.7 Å². The van der Waals surface area contributed by atoms with Crippen LogP contribution in [-0.4, -0.2) is 40.8 Å². The summed E-state index contributed by atoms with van der Waals surface area (Å²) >= 11 is 0. The lowest BCUT2D eigenvalue weighted by Gasteiger charge is -2.31. The monoisotopic (exact) mass is 306 g/mol. The predicted octanol–water partition coefficient (Wildman–Crippen LogP) is 3.51. The van der Waals surface area contributed by atoms with Gasteiger partial charge in [0.2, 0.25) is 0 Å². The molecule has 1 atom stereocenters. The molecule has 1 aromatic rings. The fourth-order valence-electron chi connectivity index (χ4n) is 2.58. The van der Waals surface area contributed by atoms with Crippen molar-refractivity contribution in [3.05, 3.63) is 23.5 Å². The number of likely N-dealkylation sites (N-methyl/N-ethyl adjacent to an activating group) is 1. The highest BCUT2D eigenvalue weighted by molar-refractivity contribution is 5.68. The molecular weight excluding hydrogens is 280 g/mol. The number of aryl methyl sites for hydroxylation is 1. The fraction of sp³-hybridized carbons (Fsp3) is 0.647. The number of nitrogens with zero attached hydrogens (tertiary/aromatic N) is 2. The highest BCUT2D eigenvalue weighted by Crippen LogP contribution is 2.43. The van der Waals surface area contributed by atoms with Crippen molar-refractivity contribution in [2.75, 3.05) is 13.6 Å². The van der Waals surface area contributed by atoms with Gasteiger partial charge < -0.3 is 14.4 Å². The molecule has 0 bridgehead atoms. The van der Waals surface area contributed by atoms with Crippen molar-refractivity contribution >= 4 is 6.09 Å². The van der Waals surface area contributed by atoms with Crippen LogP contribution in [0.5, 0.6) is 5.75 Å². The van der Waals surface area contributed by atoms with E-state index >= 15 is 0 Å². The highest BCUT2D eigenvalue weighted by Gasteiger charge is 2.43. The van der Waals surface area contributed by atoms with Crippen molar-refractivity contribution in [2.45, 2.75) is 58.7 Å². The maximum atomic E-state index is 12.2. The first-order valence-corrected chi connectivity index (χ1v) is 7.60. The molecule has 0 N–H and O–H groups in total. The molecule has 0 radical (unpaired) electrons. The number of carbonyl (C=O) groups is 1. The first kappa shape index (κ1) is 16.6. The summed E-state index contributed by atoms with van der Waals surface area (Å²) in [6, 6.07) is 3.89. The first-order valence-electron chi connectivity index (χ1n) is 7.60. The zero-order valence-electron chi connectivity index (χ0n) is 14.6. The van der Waals surface area contributed by atoms with Crippen LogP contribution < -0.4 is 4.74 Å². The third-order valence-corrected chi connectivity index (χ3v) is 3.73. The van der Waals surface area contributed by atoms with E-state index in [-0.39, 0.29) is 12.0 Å². The lowest BCUT2D eigenvalue weighted by Crippen LogP contribution is -2.41. The summed E-state index contributed by atoms with van der Waals surface area (Å²) in [6.07, 6.45) is -0.329. The minimum atomic E-state index is -0.500. The number of ether oxygens (including phenoxy) is 2. The Morgan fingerprint density at radius 2 is 2.05 bits per heavy atom. The quantitative estimate of drug-likeness (QED) is 0.839. The Hall–Kier alpha value is -1.78. The Balaban J connectivity index is 2.18. The van der Waals surface area contributed by atoms with E-state index < -0.39 is 11.2 Å². The van der Waals surface area contributed by atoms with Crippen LogP contribution in [0.4, 0.5) is 4.79 Å². The summed E-state index contributed by atoms with van der Waals surface area (Å²) in [5.74, 6) is 0.818. The van der Waals surface area contributed by atoms with Crippen LogP contribution in [0.2, 0.25) is 0 Å². The minimum Gasteiger partial charge on any atom is -0.485 e. The third kappa shape index (κ3) is 3.51. The molecule has 1 aliphatic rings. The van der Waals surface area contributed by atoms with E-state index in [9.17, 15) is 4.79 Å². The summed E-state index contributed by atoms with van der Waals surface area (Å²) in [7, 11) is 1.75. The molecule has 122 valence electrons. The second kappa shape index (κ2) is 5.45. The average Bonchev–Trinajstić information content (AvgIpc) is 2.58. The Morgan fingerprint density at radius 3 is 2.64 bits per heavy atom. The van der Waals surface area contributed by atoms with Crippen LogP contribution in [0.15, 0.2) is 12.1 Å². The largest absolute Gasteiger partial charge is 0.485 e. The molecule has 0 aliphatic carbocycles. The molecule has 0 aromatic carbocycles. The van der Waals surface area contributed by atoms with Crippen LogP contribution in [0.3, 0.4) is 0 Å². The van der Waals surface area contributed by atoms with E-state index in [4.69, 9.17) is 9.47 Å². The molecule has 0 saturated heterocycles. The number of hydrogen-bond acceptors (Lipinski definition) is 4. The van der Waals surface area contributed by atoms with E-state index in [1.807, 2.05) is 53.7 Å². The van der Waals surface area contributed by atoms with Crippen molar-refractivity contribution in [1.82, 2.24) is 9.88 Å². The minimum absolute atomic E-state index is 0.0138. The van der Waals surface area contributed by atoms with E-state index in [1.165, 1.54) is 0 Å². The zero-order valence-corrected chi connectivity index (χ0v) is 14.6. The van der Waals surface area contributed by atoms with Gasteiger partial charge in [-0.05, 0) is 53.7 Å². The lowest BCUT2D eigenvalue weighted by atomic mass is 9.89. The standard InChI is InChI=1S/C17H26N2O3/c1-11-8-9-13-14(18-11)12(17(5,6)21-13)10-19(7)15(20)22-16(2,3)4/h8-9,12H,10H2,1-7H3. The van der Waals surface area contributed by atoms with Gasteiger partial charge >= 0.3 is 6.09 Å². The third-order valence-electron chi connectivity index (χ3n) is 3.73. The van der Waals surface area contributed by atoms with Gasteiger partial charge in [0.25, 0.3) is 0 Å². The van der Waals surface area contributed by atoms with Crippen molar-refractivity contribution in [3.8, 4) is 5.75 Å². The smallest absolute Gasteiger partial charge is 0.410 e. The molecule has 2 rings (SSSR count). The summed E-state index contributed by atoms with van der Waals surface area (Å²) in [5, 5.41) is 0. The van der Waals surface area contributed by atoms with Crippen molar-refractivity contribution in [2.24, 2.45) is 0 Å². The molecular formula is C17H26N2O3. The van der Waals surface area contributed by atoms with Crippen molar-refractivity contribution in [3.63, 3.8) is 0 Å². The van der Waals surface area contributed by atoms with Crippen LogP contribution >= 0.6 is 0 Å². The number of pyridine rings is 1. The molecule has 1 aromatic heterocycles. The predicted molar refractivity (Wildman–Crippen MR) is 85.3 cm³/mol. The highest BCUT2D eigenvalue weighted by atomic mass is 16.6. The molecule has 0 saturated carbocycles. The Labute approximate surface area is 132 Å². The zero-order chi connectivity index (χ0) is 16.7. The number of hydrogen-bond donors (Lipinski definition) is 0. The summed E-state index contributed by atoms with van der Waals surface area (Å²) in [5.41, 5.74) is 0.963. The molecule has 1 aliphatic heterocycles. The van der Waals surface area contributed by atoms with Crippen LogP contribution in [-0.2, 0) is 4.74 Å². The molecule has 0 fully saturated rings. The number of carbonyl (C=O) groups excluding carboxylic acids is 1. The number of aromatic nitrogens is 1. The van der Waals surface area contributed by atoms with Crippen LogP contribution in [0.1, 0.15) is 51.9 Å². The normalized spacial score (nSPS) is 19.3. The van der Waals surface area contributed by atoms with Gasteiger partial charge in [-0.3, -0.25) is 4.98 Å². The first-order chi connectivity index (χ1) is 9.99. The van der Waals surface area contributed by atoms with Gasteiger partial charge in [0.1, 0.15) is 17.0 Å². The van der Waals surface area contributed by atoms with Gasteiger partial charge in [0.05, 0.1) is 11.6 Å². The maximum Gasteiger partial charge on any atom is 0.410 e. The molecule has 2 heterocycles. The summed E-state index contributed by atoms with van der Waals surface area (Å²) in [6.45, 7) is 12.1. The Kier molecular flexibility index (Phi) is 4.11. The molecule has 0 spiro atoms. The van der Waals surface area contributed by atoms with Crippen molar-refractivity contribution in [1.29, 1.82) is 0 Å². The number of rotatable bonds is 2. The van der Waals surface area contributed by atoms with E-state index in [0.29, 0.717) is 6.54 Å². The van der Waals surface area contributed by atoms with Gasteiger partial charge in [-0.25, -0.2) is 4.79 Å². The van der Waals surface area contributed by atoms with Gasteiger partial charge in [0.15, 0.2) is 0 Å². The van der Waals surface area contributed by atoms with Crippen LogP contribution in [0.25, 0.3) is 0 Å². The Morgan fingerprint density at radius 1 is 1.41 bits per heavy atom. The molecule has 5 nitrogen and oxygen atoms in total. The lowest BCUT2D eigenvalue weighted by molar-refractivity contribution is 0.0235. The number of amides is 1. The summed E-state index contributed by atoms with van der Waals surface area (Å²) < 4.78 is 11.4. The van der Waals surface area contributed by atoms with Gasteiger partial charge in [0, 0.05) is 19.3 Å². The molecule has 5 heteroatoms. The molecule has 1 amide bonds. The SMILES string of the molecule is Cc1ccc2c(n1)C(CN(C)C(=O)OC(C)(C)C)C(C)(C)O2. The van der Waals surface area contributed by atoms with E-state index in [0.717, 1.165) is 17.1 Å². The summed E-state index contributed by atoms with van der Waals surface area (Å²) in [4.78, 5) is 18.4. The second-order valence-corrected chi connectivity index (χ2v) is 7.45. The van der Waals surface area contributed by atoms with Gasteiger partial charge in [-0.2, -0.15) is 0 Å². The van der Waals surface area contributed by atoms with Crippen molar-refractivity contribution < 1.29 is 14.3 Å². The maximum absolute atomic E-state index is 12.2. The van der Waals surface area contributed by atoms with E-state index in [1.54, 1.807) is 11.9 Å². The van der Waals surface area contributed by atoms with Gasteiger partial charge in [-0.1, -0.05) is 0 Å². The second-order valence-electron chi connectivity index (χ2n) is 7.45. The van der Waals surface area contributed by atoms with Crippen LogP contribution in [0, 0.1) is 6.92 Å². The molecule has 22 heavy (non-hydrogen) atoms. The van der Waals surface area contributed by atoms with Gasteiger partial charge in [-0.15, -0.1) is 0 Å².